The number of pyridine rings is 2. The molecule has 0 saturated heterocycles. The van der Waals surface area contributed by atoms with Crippen molar-refractivity contribution in [3.63, 3.8) is 0 Å². The highest BCUT2D eigenvalue weighted by atomic mass is 79.9. The van der Waals surface area contributed by atoms with Crippen LogP contribution in [-0.4, -0.2) is 12.2 Å². The van der Waals surface area contributed by atoms with Crippen LogP contribution in [0.25, 0.3) is 27.1 Å². The fraction of sp³-hybridized carbons (Fsp3) is 0.0556. The van der Waals surface area contributed by atoms with Gasteiger partial charge in [0.1, 0.15) is 11.5 Å². The third-order valence-corrected chi connectivity index (χ3v) is 3.90. The summed E-state index contributed by atoms with van der Waals surface area (Å²) in [6.07, 6.45) is 3.96. The SMILES string of the molecule is COc1ccc2c(cc[n+]3cc4c(O)cccc4cc23)c1.[Br-]. The maximum Gasteiger partial charge on any atom is 0.219 e. The van der Waals surface area contributed by atoms with E-state index in [0.717, 1.165) is 32.8 Å². The Labute approximate surface area is 138 Å². The quantitative estimate of drug-likeness (QED) is 0.305. The van der Waals surface area contributed by atoms with Gasteiger partial charge in [-0.05, 0) is 35.0 Å². The van der Waals surface area contributed by atoms with Crippen LogP contribution in [0.5, 0.6) is 11.5 Å². The molecule has 4 heteroatoms. The Balaban J connectivity index is 0.00000144. The van der Waals surface area contributed by atoms with E-state index in [1.165, 1.54) is 0 Å². The highest BCUT2D eigenvalue weighted by Crippen LogP contribution is 2.27. The van der Waals surface area contributed by atoms with Crippen molar-refractivity contribution in [2.24, 2.45) is 0 Å². The molecule has 0 saturated carbocycles. The van der Waals surface area contributed by atoms with Gasteiger partial charge in [0.05, 0.1) is 17.9 Å². The first-order chi connectivity index (χ1) is 10.3. The van der Waals surface area contributed by atoms with Gasteiger partial charge in [0, 0.05) is 12.1 Å². The number of hydrogen-bond acceptors (Lipinski definition) is 2. The predicted molar refractivity (Wildman–Crippen MR) is 82.8 cm³/mol. The molecule has 0 atom stereocenters. The molecule has 2 aromatic carbocycles. The highest BCUT2D eigenvalue weighted by molar-refractivity contribution is 5.98. The van der Waals surface area contributed by atoms with Crippen molar-refractivity contribution in [2.75, 3.05) is 7.11 Å². The Morgan fingerprint density at radius 2 is 1.77 bits per heavy atom. The van der Waals surface area contributed by atoms with Crippen LogP contribution in [-0.2, 0) is 0 Å². The average molecular weight is 356 g/mol. The van der Waals surface area contributed by atoms with Gasteiger partial charge in [-0.1, -0.05) is 12.1 Å². The first-order valence-electron chi connectivity index (χ1n) is 6.80. The third-order valence-electron chi connectivity index (χ3n) is 3.90. The number of rotatable bonds is 1. The topological polar surface area (TPSA) is 33.6 Å². The van der Waals surface area contributed by atoms with Crippen molar-refractivity contribution in [3.8, 4) is 11.5 Å². The van der Waals surface area contributed by atoms with Gasteiger partial charge in [0.25, 0.3) is 0 Å². The molecular formula is C18H14BrNO2. The van der Waals surface area contributed by atoms with E-state index in [1.807, 2.05) is 41.1 Å². The minimum Gasteiger partial charge on any atom is -1.00 e. The Kier molecular flexibility index (Phi) is 3.62. The van der Waals surface area contributed by atoms with Crippen molar-refractivity contribution in [2.45, 2.75) is 0 Å². The van der Waals surface area contributed by atoms with Crippen LogP contribution in [0.15, 0.2) is 60.9 Å². The number of hydrogen-bond donors (Lipinski definition) is 1. The fourth-order valence-corrected chi connectivity index (χ4v) is 2.81. The van der Waals surface area contributed by atoms with Crippen molar-refractivity contribution in [1.29, 1.82) is 0 Å². The second-order valence-corrected chi connectivity index (χ2v) is 5.11. The Morgan fingerprint density at radius 3 is 2.59 bits per heavy atom. The van der Waals surface area contributed by atoms with Crippen LogP contribution in [0.3, 0.4) is 0 Å². The van der Waals surface area contributed by atoms with Gasteiger partial charge in [-0.3, -0.25) is 0 Å². The fourth-order valence-electron chi connectivity index (χ4n) is 2.81. The van der Waals surface area contributed by atoms with E-state index in [0.29, 0.717) is 5.75 Å². The zero-order valence-electron chi connectivity index (χ0n) is 12.0. The number of ether oxygens (including phenoxy) is 1. The van der Waals surface area contributed by atoms with Crippen LogP contribution in [0.2, 0.25) is 0 Å². The van der Waals surface area contributed by atoms with E-state index in [-0.39, 0.29) is 17.0 Å². The van der Waals surface area contributed by atoms with Crippen LogP contribution in [0.4, 0.5) is 0 Å². The Bertz CT molecular complexity index is 998. The van der Waals surface area contributed by atoms with Crippen LogP contribution in [0, 0.1) is 0 Å². The molecule has 0 aliphatic heterocycles. The number of aromatic nitrogens is 1. The zero-order chi connectivity index (χ0) is 14.4. The maximum absolute atomic E-state index is 9.98. The van der Waals surface area contributed by atoms with Crippen molar-refractivity contribution < 1.29 is 31.2 Å². The summed E-state index contributed by atoms with van der Waals surface area (Å²) in [5.74, 6) is 1.15. The molecule has 4 rings (SSSR count). The summed E-state index contributed by atoms with van der Waals surface area (Å²) in [6, 6.07) is 15.8. The number of aromatic hydroxyl groups is 1. The van der Waals surface area contributed by atoms with Gasteiger partial charge in [-0.25, -0.2) is 0 Å². The number of halogens is 1. The Morgan fingerprint density at radius 1 is 0.955 bits per heavy atom. The van der Waals surface area contributed by atoms with Gasteiger partial charge < -0.3 is 26.8 Å². The average Bonchev–Trinajstić information content (AvgIpc) is 2.53. The molecule has 0 unspecified atom stereocenters. The number of phenolic OH excluding ortho intramolecular Hbond substituents is 1. The van der Waals surface area contributed by atoms with Crippen molar-refractivity contribution >= 4 is 27.1 Å². The lowest BCUT2D eigenvalue weighted by molar-refractivity contribution is -0.509. The zero-order valence-corrected chi connectivity index (χ0v) is 13.5. The largest absolute Gasteiger partial charge is 1.00 e. The van der Waals surface area contributed by atoms with Crippen molar-refractivity contribution in [1.82, 2.24) is 0 Å². The summed E-state index contributed by atoms with van der Waals surface area (Å²) in [4.78, 5) is 0. The summed E-state index contributed by atoms with van der Waals surface area (Å²) < 4.78 is 7.32. The third kappa shape index (κ3) is 2.16. The summed E-state index contributed by atoms with van der Waals surface area (Å²) in [7, 11) is 1.67. The molecule has 2 heterocycles. The summed E-state index contributed by atoms with van der Waals surface area (Å²) >= 11 is 0. The van der Waals surface area contributed by atoms with Gasteiger partial charge in [0.15, 0.2) is 12.4 Å². The molecule has 110 valence electrons. The summed E-state index contributed by atoms with van der Waals surface area (Å²) in [5.41, 5.74) is 1.10. The molecule has 4 aromatic rings. The molecule has 0 amide bonds. The van der Waals surface area contributed by atoms with E-state index < -0.39 is 0 Å². The number of benzene rings is 2. The minimum atomic E-state index is 0. The van der Waals surface area contributed by atoms with Gasteiger partial charge >= 0.3 is 0 Å². The number of nitrogens with zero attached hydrogens (tertiary/aromatic N) is 1. The highest BCUT2D eigenvalue weighted by Gasteiger charge is 2.12. The van der Waals surface area contributed by atoms with E-state index >= 15 is 0 Å². The molecule has 0 bridgehead atoms. The number of phenols is 1. The molecule has 2 aromatic heterocycles. The van der Waals surface area contributed by atoms with E-state index in [9.17, 15) is 5.11 Å². The monoisotopic (exact) mass is 355 g/mol. The molecular weight excluding hydrogens is 342 g/mol. The van der Waals surface area contributed by atoms with Gasteiger partial charge in [-0.2, -0.15) is 4.40 Å². The van der Waals surface area contributed by atoms with Crippen LogP contribution >= 0.6 is 0 Å². The lowest BCUT2D eigenvalue weighted by atomic mass is 10.1. The van der Waals surface area contributed by atoms with Crippen molar-refractivity contribution in [3.05, 3.63) is 60.9 Å². The van der Waals surface area contributed by atoms with E-state index in [4.69, 9.17) is 4.74 Å². The van der Waals surface area contributed by atoms with E-state index in [1.54, 1.807) is 13.2 Å². The second kappa shape index (κ2) is 5.46. The number of methoxy groups -OCH3 is 1. The lowest BCUT2D eigenvalue weighted by Crippen LogP contribution is -3.00. The van der Waals surface area contributed by atoms with E-state index in [2.05, 4.69) is 18.2 Å². The molecule has 0 spiro atoms. The molecule has 0 aliphatic rings. The minimum absolute atomic E-state index is 0. The number of fused-ring (bicyclic) bond motifs is 4. The normalized spacial score (nSPS) is 10.8. The maximum atomic E-state index is 9.98. The first-order valence-corrected chi connectivity index (χ1v) is 6.80. The molecule has 0 aliphatic carbocycles. The molecule has 0 fully saturated rings. The Hall–Kier alpha value is -2.33. The molecule has 0 radical (unpaired) electrons. The van der Waals surface area contributed by atoms with Crippen LogP contribution in [0.1, 0.15) is 0 Å². The first kappa shape index (κ1) is 14.6. The summed E-state index contributed by atoms with van der Waals surface area (Å²) in [5, 5.41) is 14.1. The molecule has 1 N–H and O–H groups in total. The molecule has 3 nitrogen and oxygen atoms in total. The summed E-state index contributed by atoms with van der Waals surface area (Å²) in [6.45, 7) is 0. The lowest BCUT2D eigenvalue weighted by Gasteiger charge is -2.04. The van der Waals surface area contributed by atoms with Crippen LogP contribution < -0.4 is 26.1 Å². The standard InChI is InChI=1S/C18H13NO2.BrH/c1-21-14-5-6-15-13(9-14)7-8-19-11-16-12(10-17(15)19)3-2-4-18(16)20;/h2-11H,1H3;1H. The second-order valence-electron chi connectivity index (χ2n) is 5.11. The van der Waals surface area contributed by atoms with Gasteiger partial charge in [0.2, 0.25) is 5.52 Å². The smallest absolute Gasteiger partial charge is 0.219 e. The van der Waals surface area contributed by atoms with Gasteiger partial charge in [-0.15, -0.1) is 0 Å². The molecule has 22 heavy (non-hydrogen) atoms. The predicted octanol–water partition coefficient (Wildman–Crippen LogP) is 0.450.